The smallest absolute Gasteiger partial charge is 0.253 e. The molecule has 5 rings (SSSR count). The second kappa shape index (κ2) is 10.2. The average Bonchev–Trinajstić information content (AvgIpc) is 3.34. The van der Waals surface area contributed by atoms with Crippen molar-refractivity contribution >= 4 is 5.91 Å². The Morgan fingerprint density at radius 3 is 2.77 bits per heavy atom. The number of rotatable bonds is 6. The van der Waals surface area contributed by atoms with Crippen LogP contribution >= 0.6 is 0 Å². The monoisotopic (exact) mass is 473 g/mol. The highest BCUT2D eigenvalue weighted by atomic mass is 19.1. The lowest BCUT2D eigenvalue weighted by molar-refractivity contribution is 0.0697. The molecule has 0 saturated carbocycles. The van der Waals surface area contributed by atoms with Crippen LogP contribution in [-0.2, 0) is 12.8 Å². The number of likely N-dealkylation sites (tertiary alicyclic amines) is 1. The zero-order valence-corrected chi connectivity index (χ0v) is 19.2. The molecule has 0 radical (unpaired) electrons. The molecule has 35 heavy (non-hydrogen) atoms. The van der Waals surface area contributed by atoms with Gasteiger partial charge in [0.1, 0.15) is 17.4 Å². The fourth-order valence-electron chi connectivity index (χ4n) is 4.53. The molecule has 7 heteroatoms. The van der Waals surface area contributed by atoms with Gasteiger partial charge in [-0.2, -0.15) is 0 Å². The highest BCUT2D eigenvalue weighted by Crippen LogP contribution is 2.28. The van der Waals surface area contributed by atoms with Gasteiger partial charge < -0.3 is 9.32 Å². The number of hydrogen-bond donors (Lipinski definition) is 0. The van der Waals surface area contributed by atoms with Gasteiger partial charge in [0.05, 0.1) is 12.1 Å². The number of carbonyl (C=O) groups is 1. The summed E-state index contributed by atoms with van der Waals surface area (Å²) in [6.07, 6.45) is 5.77. The Balaban J connectivity index is 1.26. The number of amides is 1. The van der Waals surface area contributed by atoms with E-state index in [1.165, 1.54) is 18.2 Å². The van der Waals surface area contributed by atoms with Gasteiger partial charge in [-0.3, -0.25) is 9.78 Å². The third-order valence-corrected chi connectivity index (χ3v) is 6.29. The minimum absolute atomic E-state index is 0.00585. The first-order valence-electron chi connectivity index (χ1n) is 11.7. The molecule has 1 saturated heterocycles. The summed E-state index contributed by atoms with van der Waals surface area (Å²) in [5, 5.41) is 0. The second-order valence-corrected chi connectivity index (χ2v) is 8.87. The van der Waals surface area contributed by atoms with E-state index in [1.807, 2.05) is 11.0 Å². The van der Waals surface area contributed by atoms with Crippen LogP contribution in [0, 0.1) is 11.6 Å². The van der Waals surface area contributed by atoms with Crippen molar-refractivity contribution in [2.45, 2.75) is 31.6 Å². The van der Waals surface area contributed by atoms with Crippen molar-refractivity contribution in [3.63, 3.8) is 0 Å². The number of hydrogen-bond acceptors (Lipinski definition) is 4. The van der Waals surface area contributed by atoms with E-state index in [9.17, 15) is 13.6 Å². The Bertz CT molecular complexity index is 1340. The van der Waals surface area contributed by atoms with Gasteiger partial charge in [0, 0.05) is 43.4 Å². The number of nitrogens with zero attached hydrogens (tertiary/aromatic N) is 3. The highest BCUT2D eigenvalue weighted by Gasteiger charge is 2.28. The van der Waals surface area contributed by atoms with Crippen LogP contribution in [0.3, 0.4) is 0 Å². The Morgan fingerprint density at radius 1 is 1.03 bits per heavy atom. The summed E-state index contributed by atoms with van der Waals surface area (Å²) in [7, 11) is 0. The Hall–Kier alpha value is -3.87. The first-order chi connectivity index (χ1) is 17.0. The molecule has 0 aliphatic carbocycles. The van der Waals surface area contributed by atoms with E-state index >= 15 is 0 Å². The fourth-order valence-corrected chi connectivity index (χ4v) is 4.53. The molecule has 5 nitrogen and oxygen atoms in total. The van der Waals surface area contributed by atoms with Crippen molar-refractivity contribution in [3.05, 3.63) is 119 Å². The van der Waals surface area contributed by atoms with Crippen molar-refractivity contribution in [2.24, 2.45) is 0 Å². The molecule has 0 bridgehead atoms. The standard InChI is InChI=1S/C28H25F2N3O2/c29-23-8-3-5-19(13-23)14-25-17-32-27(35-25)22-7-4-12-33(18-22)28(34)21-10-11-31-24(16-21)15-20-6-1-2-9-26(20)30/h1-3,5-6,8-11,13,16-17,22H,4,7,12,14-15,18H2/t22-/m1/s1. The molecule has 0 spiro atoms. The van der Waals surface area contributed by atoms with Gasteiger partial charge in [-0.05, 0) is 54.3 Å². The van der Waals surface area contributed by atoms with E-state index in [2.05, 4.69) is 9.97 Å². The first kappa shape index (κ1) is 22.9. The molecule has 0 unspecified atom stereocenters. The molecule has 1 atom stereocenters. The molecule has 178 valence electrons. The number of aromatic nitrogens is 2. The summed E-state index contributed by atoms with van der Waals surface area (Å²) in [6, 6.07) is 16.4. The van der Waals surface area contributed by atoms with E-state index < -0.39 is 0 Å². The lowest BCUT2D eigenvalue weighted by atomic mass is 9.97. The first-order valence-corrected chi connectivity index (χ1v) is 11.7. The molecule has 2 aromatic heterocycles. The third kappa shape index (κ3) is 5.45. The maximum Gasteiger partial charge on any atom is 0.253 e. The second-order valence-electron chi connectivity index (χ2n) is 8.87. The number of pyridine rings is 1. The fraction of sp³-hybridized carbons (Fsp3) is 0.250. The largest absolute Gasteiger partial charge is 0.445 e. The molecule has 1 fully saturated rings. The summed E-state index contributed by atoms with van der Waals surface area (Å²) < 4.78 is 33.5. The molecule has 1 aliphatic heterocycles. The Kier molecular flexibility index (Phi) is 6.66. The summed E-state index contributed by atoms with van der Waals surface area (Å²) in [6.45, 7) is 1.15. The van der Waals surface area contributed by atoms with Gasteiger partial charge in [0.15, 0.2) is 5.89 Å². The highest BCUT2D eigenvalue weighted by molar-refractivity contribution is 5.94. The number of piperidine rings is 1. The Morgan fingerprint density at radius 2 is 1.91 bits per heavy atom. The van der Waals surface area contributed by atoms with E-state index in [4.69, 9.17) is 4.42 Å². The summed E-state index contributed by atoms with van der Waals surface area (Å²) >= 11 is 0. The van der Waals surface area contributed by atoms with Crippen LogP contribution < -0.4 is 0 Å². The van der Waals surface area contributed by atoms with Gasteiger partial charge in [-0.25, -0.2) is 13.8 Å². The van der Waals surface area contributed by atoms with Crippen molar-refractivity contribution in [1.82, 2.24) is 14.9 Å². The number of benzene rings is 2. The maximum absolute atomic E-state index is 14.0. The summed E-state index contributed by atoms with van der Waals surface area (Å²) in [4.78, 5) is 23.8. The van der Waals surface area contributed by atoms with Crippen LogP contribution in [0.25, 0.3) is 0 Å². The van der Waals surface area contributed by atoms with Crippen molar-refractivity contribution in [1.29, 1.82) is 0 Å². The molecule has 2 aromatic carbocycles. The normalized spacial score (nSPS) is 15.8. The molecular formula is C28H25F2N3O2. The SMILES string of the molecule is O=C(c1ccnc(Cc2ccccc2F)c1)N1CCC[C@@H](c2ncc(Cc3cccc(F)c3)o2)C1. The van der Waals surface area contributed by atoms with Crippen LogP contribution in [0.5, 0.6) is 0 Å². The van der Waals surface area contributed by atoms with Crippen LogP contribution in [0.15, 0.2) is 77.5 Å². The van der Waals surface area contributed by atoms with Gasteiger partial charge in [0.2, 0.25) is 0 Å². The minimum atomic E-state index is -0.285. The zero-order valence-electron chi connectivity index (χ0n) is 19.2. The predicted octanol–water partition coefficient (Wildman–Crippen LogP) is 5.55. The van der Waals surface area contributed by atoms with Crippen LogP contribution in [-0.4, -0.2) is 33.9 Å². The number of halogens is 2. The topological polar surface area (TPSA) is 59.2 Å². The van der Waals surface area contributed by atoms with E-state index in [0.717, 1.165) is 18.4 Å². The minimum Gasteiger partial charge on any atom is -0.445 e. The predicted molar refractivity (Wildman–Crippen MR) is 127 cm³/mol. The van der Waals surface area contributed by atoms with Gasteiger partial charge >= 0.3 is 0 Å². The lowest BCUT2D eigenvalue weighted by Gasteiger charge is -2.31. The molecule has 1 aliphatic rings. The van der Waals surface area contributed by atoms with Gasteiger partial charge in [-0.1, -0.05) is 30.3 Å². The van der Waals surface area contributed by atoms with Gasteiger partial charge in [0.25, 0.3) is 5.91 Å². The van der Waals surface area contributed by atoms with Crippen LogP contribution in [0.2, 0.25) is 0 Å². The Labute approximate surface area is 202 Å². The molecule has 1 amide bonds. The van der Waals surface area contributed by atoms with Crippen molar-refractivity contribution in [2.75, 3.05) is 13.1 Å². The quantitative estimate of drug-likeness (QED) is 0.369. The number of carbonyl (C=O) groups excluding carboxylic acids is 1. The summed E-state index contributed by atoms with van der Waals surface area (Å²) in [5.41, 5.74) is 2.54. The van der Waals surface area contributed by atoms with E-state index in [-0.39, 0.29) is 23.5 Å². The van der Waals surface area contributed by atoms with Crippen molar-refractivity contribution in [3.8, 4) is 0 Å². The zero-order chi connectivity index (χ0) is 24.2. The number of oxazole rings is 1. The van der Waals surface area contributed by atoms with Crippen molar-refractivity contribution < 1.29 is 18.0 Å². The lowest BCUT2D eigenvalue weighted by Crippen LogP contribution is -2.39. The van der Waals surface area contributed by atoms with E-state index in [0.29, 0.717) is 54.4 Å². The van der Waals surface area contributed by atoms with Crippen LogP contribution in [0.4, 0.5) is 8.78 Å². The van der Waals surface area contributed by atoms with E-state index in [1.54, 1.807) is 48.8 Å². The molecular weight excluding hydrogens is 448 g/mol. The molecule has 4 aromatic rings. The molecule has 3 heterocycles. The molecule has 0 N–H and O–H groups in total. The third-order valence-electron chi connectivity index (χ3n) is 6.29. The van der Waals surface area contributed by atoms with Crippen LogP contribution in [0.1, 0.15) is 57.6 Å². The van der Waals surface area contributed by atoms with Gasteiger partial charge in [-0.15, -0.1) is 0 Å². The summed E-state index contributed by atoms with van der Waals surface area (Å²) in [5.74, 6) is 0.612. The average molecular weight is 474 g/mol. The maximum atomic E-state index is 14.0.